The number of amides is 1. The molecule has 1 aromatic rings. The summed E-state index contributed by atoms with van der Waals surface area (Å²) in [4.78, 5) is 11.4. The molecule has 0 saturated heterocycles. The third-order valence-electron chi connectivity index (χ3n) is 3.33. The first-order valence-electron chi connectivity index (χ1n) is 5.73. The van der Waals surface area contributed by atoms with Crippen molar-refractivity contribution in [3.8, 4) is 0 Å². The normalized spacial score (nSPS) is 18.1. The molecular weight excluding hydrogens is 202 g/mol. The Kier molecular flexibility index (Phi) is 2.02. The van der Waals surface area contributed by atoms with E-state index in [0.717, 1.165) is 42.9 Å². The summed E-state index contributed by atoms with van der Waals surface area (Å²) in [7, 11) is 0. The van der Waals surface area contributed by atoms with Crippen molar-refractivity contribution in [3.63, 3.8) is 0 Å². The van der Waals surface area contributed by atoms with Crippen LogP contribution in [0.25, 0.3) is 0 Å². The molecular formula is C12H15N3O. The fourth-order valence-electron chi connectivity index (χ4n) is 2.57. The second-order valence-corrected chi connectivity index (χ2v) is 4.43. The number of hydrogen-bond acceptors (Lipinski definition) is 3. The molecule has 4 nitrogen and oxygen atoms in total. The number of carbonyl (C=O) groups is 1. The summed E-state index contributed by atoms with van der Waals surface area (Å²) < 4.78 is 0. The van der Waals surface area contributed by atoms with Gasteiger partial charge in [0.1, 0.15) is 0 Å². The van der Waals surface area contributed by atoms with Gasteiger partial charge in [0.25, 0.3) is 0 Å². The Balaban J connectivity index is 2.18. The zero-order chi connectivity index (χ0) is 11.1. The molecule has 1 aromatic carbocycles. The van der Waals surface area contributed by atoms with E-state index in [0.29, 0.717) is 6.42 Å². The van der Waals surface area contributed by atoms with Crippen LogP contribution in [0.2, 0.25) is 0 Å². The third-order valence-corrected chi connectivity index (χ3v) is 3.33. The number of rotatable bonds is 0. The third kappa shape index (κ3) is 1.33. The highest BCUT2D eigenvalue weighted by atomic mass is 16.1. The van der Waals surface area contributed by atoms with Crippen molar-refractivity contribution >= 4 is 23.0 Å². The van der Waals surface area contributed by atoms with Crippen molar-refractivity contribution < 1.29 is 4.79 Å². The van der Waals surface area contributed by atoms with Crippen LogP contribution < -0.4 is 16.4 Å². The van der Waals surface area contributed by atoms with E-state index in [9.17, 15) is 4.79 Å². The smallest absolute Gasteiger partial charge is 0.224 e. The fraction of sp³-hybridized carbons (Fsp3) is 0.417. The topological polar surface area (TPSA) is 67.2 Å². The number of anilines is 3. The van der Waals surface area contributed by atoms with Crippen LogP contribution >= 0.6 is 0 Å². The Morgan fingerprint density at radius 1 is 1.19 bits per heavy atom. The van der Waals surface area contributed by atoms with Gasteiger partial charge in [-0.3, -0.25) is 4.79 Å². The summed E-state index contributed by atoms with van der Waals surface area (Å²) in [6.45, 7) is 0.962. The number of carbonyl (C=O) groups excluding carboxylic acids is 1. The lowest BCUT2D eigenvalue weighted by Gasteiger charge is -2.27. The van der Waals surface area contributed by atoms with Crippen molar-refractivity contribution in [2.45, 2.75) is 25.7 Å². The molecule has 84 valence electrons. The summed E-state index contributed by atoms with van der Waals surface area (Å²) in [6, 6.07) is 1.99. The van der Waals surface area contributed by atoms with Crippen LogP contribution in [-0.2, 0) is 17.6 Å². The van der Waals surface area contributed by atoms with E-state index in [4.69, 9.17) is 5.73 Å². The van der Waals surface area contributed by atoms with Crippen molar-refractivity contribution in [1.29, 1.82) is 0 Å². The van der Waals surface area contributed by atoms with Gasteiger partial charge in [0.2, 0.25) is 5.91 Å². The molecule has 0 bridgehead atoms. The lowest BCUT2D eigenvalue weighted by atomic mass is 9.92. The van der Waals surface area contributed by atoms with Gasteiger partial charge in [-0.05, 0) is 30.9 Å². The average molecular weight is 217 g/mol. The molecule has 2 aliphatic heterocycles. The van der Waals surface area contributed by atoms with Crippen molar-refractivity contribution in [1.82, 2.24) is 0 Å². The Bertz CT molecular complexity index is 468. The highest BCUT2D eigenvalue weighted by molar-refractivity contribution is 5.97. The molecule has 4 heteroatoms. The van der Waals surface area contributed by atoms with Gasteiger partial charge in [-0.2, -0.15) is 0 Å². The first-order valence-corrected chi connectivity index (χ1v) is 5.73. The van der Waals surface area contributed by atoms with Crippen LogP contribution in [-0.4, -0.2) is 12.5 Å². The first kappa shape index (κ1) is 9.51. The number of nitrogen functional groups attached to an aromatic ring is 1. The number of aryl methyl sites for hydroxylation is 1. The van der Waals surface area contributed by atoms with Gasteiger partial charge in [0.05, 0.1) is 11.4 Å². The number of hydrogen-bond donors (Lipinski definition) is 3. The number of nitrogens with two attached hydrogens (primary N) is 1. The standard InChI is InChI=1S/C12H15N3O/c13-9-6-7-3-4-10(16)15-11(7)8-2-1-5-14-12(8)9/h6,14H,1-5,13H2,(H,15,16). The van der Waals surface area contributed by atoms with Crippen LogP contribution in [0, 0.1) is 0 Å². The van der Waals surface area contributed by atoms with Gasteiger partial charge in [0, 0.05) is 24.2 Å². The second kappa shape index (κ2) is 3.40. The maximum absolute atomic E-state index is 11.4. The summed E-state index contributed by atoms with van der Waals surface area (Å²) in [5.74, 6) is 0.116. The lowest BCUT2D eigenvalue weighted by molar-refractivity contribution is -0.116. The largest absolute Gasteiger partial charge is 0.397 e. The molecule has 2 heterocycles. The minimum absolute atomic E-state index is 0.116. The fourth-order valence-corrected chi connectivity index (χ4v) is 2.57. The molecule has 0 unspecified atom stereocenters. The maximum Gasteiger partial charge on any atom is 0.224 e. The Morgan fingerprint density at radius 3 is 2.94 bits per heavy atom. The van der Waals surface area contributed by atoms with E-state index in [1.54, 1.807) is 0 Å². The quantitative estimate of drug-likeness (QED) is 0.577. The lowest BCUT2D eigenvalue weighted by Crippen LogP contribution is -2.23. The molecule has 4 N–H and O–H groups in total. The van der Waals surface area contributed by atoms with Gasteiger partial charge in [-0.1, -0.05) is 0 Å². The van der Waals surface area contributed by atoms with Crippen LogP contribution in [0.5, 0.6) is 0 Å². The van der Waals surface area contributed by atoms with Crippen molar-refractivity contribution in [2.24, 2.45) is 0 Å². The maximum atomic E-state index is 11.4. The zero-order valence-corrected chi connectivity index (χ0v) is 9.10. The minimum atomic E-state index is 0.116. The van der Waals surface area contributed by atoms with Crippen LogP contribution in [0.1, 0.15) is 24.0 Å². The molecule has 3 rings (SSSR count). The Hall–Kier alpha value is -1.71. The number of nitrogens with one attached hydrogen (secondary N) is 2. The van der Waals surface area contributed by atoms with Gasteiger partial charge in [-0.15, -0.1) is 0 Å². The van der Waals surface area contributed by atoms with Crippen LogP contribution in [0.3, 0.4) is 0 Å². The second-order valence-electron chi connectivity index (χ2n) is 4.43. The van der Waals surface area contributed by atoms with Gasteiger partial charge < -0.3 is 16.4 Å². The predicted molar refractivity (Wildman–Crippen MR) is 64.6 cm³/mol. The Morgan fingerprint density at radius 2 is 2.06 bits per heavy atom. The molecule has 0 spiro atoms. The molecule has 16 heavy (non-hydrogen) atoms. The molecule has 0 aliphatic carbocycles. The van der Waals surface area contributed by atoms with E-state index < -0.39 is 0 Å². The van der Waals surface area contributed by atoms with Crippen molar-refractivity contribution in [3.05, 3.63) is 17.2 Å². The highest BCUT2D eigenvalue weighted by Gasteiger charge is 2.23. The van der Waals surface area contributed by atoms with E-state index in [2.05, 4.69) is 10.6 Å². The minimum Gasteiger partial charge on any atom is -0.397 e. The van der Waals surface area contributed by atoms with Gasteiger partial charge >= 0.3 is 0 Å². The van der Waals surface area contributed by atoms with E-state index in [1.165, 1.54) is 11.1 Å². The number of fused-ring (bicyclic) bond motifs is 3. The number of benzene rings is 1. The molecule has 0 fully saturated rings. The Labute approximate surface area is 94.2 Å². The molecule has 1 amide bonds. The SMILES string of the molecule is Nc1cc2c(c3c1NCCC3)NC(=O)CC2. The first-order chi connectivity index (χ1) is 7.75. The summed E-state index contributed by atoms with van der Waals surface area (Å²) in [6.07, 6.45) is 3.46. The molecule has 0 atom stereocenters. The monoisotopic (exact) mass is 217 g/mol. The van der Waals surface area contributed by atoms with Crippen molar-refractivity contribution in [2.75, 3.05) is 22.9 Å². The van der Waals surface area contributed by atoms with Crippen LogP contribution in [0.4, 0.5) is 17.1 Å². The van der Waals surface area contributed by atoms with Gasteiger partial charge in [0.15, 0.2) is 0 Å². The van der Waals surface area contributed by atoms with Gasteiger partial charge in [-0.25, -0.2) is 0 Å². The van der Waals surface area contributed by atoms with E-state index in [-0.39, 0.29) is 5.91 Å². The average Bonchev–Trinajstić information content (AvgIpc) is 2.31. The highest BCUT2D eigenvalue weighted by Crippen LogP contribution is 2.39. The zero-order valence-electron chi connectivity index (χ0n) is 9.10. The molecule has 0 saturated carbocycles. The van der Waals surface area contributed by atoms with Crippen LogP contribution in [0.15, 0.2) is 6.07 Å². The molecule has 0 radical (unpaired) electrons. The molecule has 0 aromatic heterocycles. The summed E-state index contributed by atoms with van der Waals surface area (Å²) in [5.41, 5.74) is 11.2. The molecule has 2 aliphatic rings. The van der Waals surface area contributed by atoms with E-state index >= 15 is 0 Å². The predicted octanol–water partition coefficient (Wildman–Crippen LogP) is 1.51. The summed E-state index contributed by atoms with van der Waals surface area (Å²) in [5, 5.41) is 6.30. The van der Waals surface area contributed by atoms with E-state index in [1.807, 2.05) is 6.07 Å². The summed E-state index contributed by atoms with van der Waals surface area (Å²) >= 11 is 0.